The van der Waals surface area contributed by atoms with Gasteiger partial charge in [-0.15, -0.1) is 0 Å². The van der Waals surface area contributed by atoms with Gasteiger partial charge in [0.2, 0.25) is 0 Å². The molecule has 2 aromatic carbocycles. The number of carbonyl (C=O) groups excluding carboxylic acids is 1. The third kappa shape index (κ3) is 4.83. The Labute approximate surface area is 138 Å². The number of amides is 1. The predicted octanol–water partition coefficient (Wildman–Crippen LogP) is 3.75. The highest BCUT2D eigenvalue weighted by Crippen LogP contribution is 2.15. The van der Waals surface area contributed by atoms with E-state index in [0.29, 0.717) is 0 Å². The van der Waals surface area contributed by atoms with E-state index >= 15 is 0 Å². The summed E-state index contributed by atoms with van der Waals surface area (Å²) in [5, 5.41) is 11.8. The zero-order valence-electron chi connectivity index (χ0n) is 12.1. The van der Waals surface area contributed by atoms with Crippen LogP contribution in [-0.4, -0.2) is 17.0 Å². The summed E-state index contributed by atoms with van der Waals surface area (Å²) in [4.78, 5) is 23.3. The highest BCUT2D eigenvalue weighted by molar-refractivity contribution is 6.33. The predicted molar refractivity (Wildman–Crippen MR) is 90.1 cm³/mol. The molecule has 0 radical (unpaired) electrons. The molecule has 0 atom stereocenters. The number of allylic oxidation sites excluding steroid dienone is 2. The van der Waals surface area contributed by atoms with E-state index in [1.54, 1.807) is 30.4 Å². The number of rotatable bonds is 5. The average molecular weight is 328 g/mol. The molecule has 1 amide bonds. The summed E-state index contributed by atoms with van der Waals surface area (Å²) in [5.41, 5.74) is 0.904. The number of carboxylic acid groups (broad SMARTS) is 1. The first kappa shape index (κ1) is 16.5. The topological polar surface area (TPSA) is 66.4 Å². The van der Waals surface area contributed by atoms with E-state index in [9.17, 15) is 14.7 Å². The van der Waals surface area contributed by atoms with Gasteiger partial charge >= 0.3 is 5.97 Å². The molecule has 4 nitrogen and oxygen atoms in total. The Bertz CT molecular complexity index is 767. The summed E-state index contributed by atoms with van der Waals surface area (Å²) in [6.07, 6.45) is 4.63. The maximum absolute atomic E-state index is 12.1. The minimum absolute atomic E-state index is 0.216. The number of aliphatic carboxylic acids is 1. The van der Waals surface area contributed by atoms with Crippen LogP contribution in [0.2, 0.25) is 5.02 Å². The Morgan fingerprint density at radius 2 is 1.65 bits per heavy atom. The number of nitrogens with one attached hydrogen (secondary N) is 1. The van der Waals surface area contributed by atoms with Crippen molar-refractivity contribution in [2.45, 2.75) is 0 Å². The maximum atomic E-state index is 12.1. The SMILES string of the molecule is O=C(O)/C(=C\C=C\c1ccccc1)NC(=O)c1ccccc1Cl. The van der Waals surface area contributed by atoms with Crippen LogP contribution in [0.4, 0.5) is 0 Å². The van der Waals surface area contributed by atoms with E-state index in [2.05, 4.69) is 5.32 Å². The Balaban J connectivity index is 2.14. The number of halogens is 1. The monoisotopic (exact) mass is 327 g/mol. The molecule has 0 bridgehead atoms. The Hall–Kier alpha value is -2.85. The number of benzene rings is 2. The first-order valence-electron chi connectivity index (χ1n) is 6.80. The summed E-state index contributed by atoms with van der Waals surface area (Å²) in [5.74, 6) is -1.81. The fourth-order valence-corrected chi connectivity index (χ4v) is 2.04. The number of hydrogen-bond acceptors (Lipinski definition) is 2. The van der Waals surface area contributed by atoms with Gasteiger partial charge in [-0.2, -0.15) is 0 Å². The molecule has 2 aromatic rings. The first-order valence-corrected chi connectivity index (χ1v) is 7.18. The zero-order valence-corrected chi connectivity index (χ0v) is 12.8. The van der Waals surface area contributed by atoms with Gasteiger partial charge in [-0.25, -0.2) is 4.79 Å². The van der Waals surface area contributed by atoms with E-state index in [0.717, 1.165) is 5.56 Å². The van der Waals surface area contributed by atoms with Crippen LogP contribution in [0.5, 0.6) is 0 Å². The number of carbonyl (C=O) groups is 2. The molecule has 0 saturated heterocycles. The van der Waals surface area contributed by atoms with Crippen molar-refractivity contribution < 1.29 is 14.7 Å². The van der Waals surface area contributed by atoms with Crippen molar-refractivity contribution in [3.8, 4) is 0 Å². The van der Waals surface area contributed by atoms with Crippen LogP contribution in [0.25, 0.3) is 6.08 Å². The number of hydrogen-bond donors (Lipinski definition) is 2. The third-order valence-corrected chi connectivity index (χ3v) is 3.28. The van der Waals surface area contributed by atoms with Gasteiger partial charge < -0.3 is 10.4 Å². The lowest BCUT2D eigenvalue weighted by Gasteiger charge is -2.06. The van der Waals surface area contributed by atoms with Crippen LogP contribution < -0.4 is 5.32 Å². The van der Waals surface area contributed by atoms with Gasteiger partial charge in [-0.3, -0.25) is 4.79 Å². The molecule has 0 spiro atoms. The van der Waals surface area contributed by atoms with Crippen molar-refractivity contribution in [2.75, 3.05) is 0 Å². The molecule has 0 aliphatic carbocycles. The lowest BCUT2D eigenvalue weighted by atomic mass is 10.2. The molecule has 0 fully saturated rings. The average Bonchev–Trinajstić information content (AvgIpc) is 2.55. The molecule has 5 heteroatoms. The lowest BCUT2D eigenvalue weighted by molar-refractivity contribution is -0.133. The van der Waals surface area contributed by atoms with E-state index in [1.807, 2.05) is 30.3 Å². The van der Waals surface area contributed by atoms with Gasteiger partial charge in [-0.1, -0.05) is 66.2 Å². The summed E-state index contributed by atoms with van der Waals surface area (Å²) in [6.45, 7) is 0. The zero-order chi connectivity index (χ0) is 16.7. The van der Waals surface area contributed by atoms with E-state index in [-0.39, 0.29) is 16.3 Å². The molecule has 2 rings (SSSR count). The second kappa shape index (κ2) is 7.96. The van der Waals surface area contributed by atoms with Crippen molar-refractivity contribution >= 4 is 29.6 Å². The van der Waals surface area contributed by atoms with Crippen LogP contribution >= 0.6 is 11.6 Å². The minimum atomic E-state index is -1.23. The van der Waals surface area contributed by atoms with Crippen LogP contribution in [0.15, 0.2) is 72.4 Å². The lowest BCUT2D eigenvalue weighted by Crippen LogP contribution is -2.27. The van der Waals surface area contributed by atoms with Crippen molar-refractivity contribution in [1.82, 2.24) is 5.32 Å². The fraction of sp³-hybridized carbons (Fsp3) is 0. The first-order chi connectivity index (χ1) is 11.1. The third-order valence-electron chi connectivity index (χ3n) is 2.95. The van der Waals surface area contributed by atoms with Gasteiger partial charge in [0.1, 0.15) is 5.70 Å². The molecule has 116 valence electrons. The van der Waals surface area contributed by atoms with Crippen molar-refractivity contribution in [1.29, 1.82) is 0 Å². The standard InChI is InChI=1S/C18H14ClNO3/c19-15-11-5-4-10-14(15)17(21)20-16(18(22)23)12-6-9-13-7-2-1-3-8-13/h1-12H,(H,20,21)(H,22,23)/b9-6+,16-12+. The van der Waals surface area contributed by atoms with E-state index in [4.69, 9.17) is 11.6 Å². The molecule has 0 saturated carbocycles. The second-order valence-electron chi connectivity index (χ2n) is 4.59. The quantitative estimate of drug-likeness (QED) is 0.649. The second-order valence-corrected chi connectivity index (χ2v) is 5.00. The highest BCUT2D eigenvalue weighted by atomic mass is 35.5. The Morgan fingerprint density at radius 3 is 2.30 bits per heavy atom. The summed E-state index contributed by atoms with van der Waals surface area (Å²) < 4.78 is 0. The Morgan fingerprint density at radius 1 is 1.00 bits per heavy atom. The van der Waals surface area contributed by atoms with Crippen molar-refractivity contribution in [3.63, 3.8) is 0 Å². The molecule has 2 N–H and O–H groups in total. The summed E-state index contributed by atoms with van der Waals surface area (Å²) in [7, 11) is 0. The smallest absolute Gasteiger partial charge is 0.352 e. The largest absolute Gasteiger partial charge is 0.477 e. The van der Waals surface area contributed by atoms with Crippen LogP contribution in [0.1, 0.15) is 15.9 Å². The number of carboxylic acids is 1. The molecule has 0 aliphatic rings. The van der Waals surface area contributed by atoms with Crippen molar-refractivity contribution in [3.05, 3.63) is 88.6 Å². The van der Waals surface area contributed by atoms with Gasteiger partial charge in [0.15, 0.2) is 0 Å². The fourth-order valence-electron chi connectivity index (χ4n) is 1.82. The molecule has 23 heavy (non-hydrogen) atoms. The summed E-state index contributed by atoms with van der Waals surface area (Å²) in [6, 6.07) is 15.8. The van der Waals surface area contributed by atoms with Gasteiger partial charge in [0.25, 0.3) is 5.91 Å². The van der Waals surface area contributed by atoms with Crippen LogP contribution in [0.3, 0.4) is 0 Å². The van der Waals surface area contributed by atoms with Gasteiger partial charge in [0, 0.05) is 0 Å². The molecule has 0 aliphatic heterocycles. The van der Waals surface area contributed by atoms with Crippen molar-refractivity contribution in [2.24, 2.45) is 0 Å². The maximum Gasteiger partial charge on any atom is 0.352 e. The Kier molecular flexibility index (Phi) is 5.72. The van der Waals surface area contributed by atoms with E-state index in [1.165, 1.54) is 12.1 Å². The normalized spacial score (nSPS) is 11.4. The van der Waals surface area contributed by atoms with Gasteiger partial charge in [0.05, 0.1) is 10.6 Å². The minimum Gasteiger partial charge on any atom is -0.477 e. The van der Waals surface area contributed by atoms with Crippen LogP contribution in [-0.2, 0) is 4.79 Å². The van der Waals surface area contributed by atoms with Gasteiger partial charge in [-0.05, 0) is 23.8 Å². The molecular weight excluding hydrogens is 314 g/mol. The highest BCUT2D eigenvalue weighted by Gasteiger charge is 2.14. The molecule has 0 unspecified atom stereocenters. The molecule has 0 aromatic heterocycles. The molecular formula is C18H14ClNO3. The van der Waals surface area contributed by atoms with E-state index < -0.39 is 11.9 Å². The molecule has 0 heterocycles. The van der Waals surface area contributed by atoms with Crippen LogP contribution in [0, 0.1) is 0 Å². The summed E-state index contributed by atoms with van der Waals surface area (Å²) >= 11 is 5.92.